The molecule has 2 N–H and O–H groups in total. The molecule has 0 bridgehead atoms. The topological polar surface area (TPSA) is 56.7 Å². The Hall–Kier alpha value is -1.46. The van der Waals surface area contributed by atoms with Crippen molar-refractivity contribution in [3.8, 4) is 0 Å². The van der Waals surface area contributed by atoms with Gasteiger partial charge in [-0.05, 0) is 18.7 Å². The van der Waals surface area contributed by atoms with Crippen molar-refractivity contribution < 1.29 is 4.39 Å². The molecule has 0 fully saturated rings. The molecule has 0 saturated carbocycles. The molecule has 0 aliphatic rings. The van der Waals surface area contributed by atoms with Crippen LogP contribution in [0.25, 0.3) is 0 Å². The second-order valence-corrected chi connectivity index (χ2v) is 4.03. The van der Waals surface area contributed by atoms with E-state index in [0.29, 0.717) is 23.6 Å². The molecule has 90 valence electrons. The molecule has 4 nitrogen and oxygen atoms in total. The lowest BCUT2D eigenvalue weighted by Gasteiger charge is -2.08. The average Bonchev–Trinajstić information content (AvgIpc) is 2.72. The molecular weight excluding hydrogens is 243 g/mol. The zero-order chi connectivity index (χ0) is 12.3. The average molecular weight is 255 g/mol. The second-order valence-electron chi connectivity index (χ2n) is 3.62. The predicted octanol–water partition coefficient (Wildman–Crippen LogP) is 1.62. The van der Waals surface area contributed by atoms with Crippen LogP contribution in [-0.4, -0.2) is 21.5 Å². The highest BCUT2D eigenvalue weighted by Crippen LogP contribution is 2.20. The minimum absolute atomic E-state index is 0.265. The van der Waals surface area contributed by atoms with Gasteiger partial charge in [-0.1, -0.05) is 22.9 Å². The normalized spacial score (nSPS) is 10.8. The van der Waals surface area contributed by atoms with Crippen molar-refractivity contribution in [3.63, 3.8) is 0 Å². The summed E-state index contributed by atoms with van der Waals surface area (Å²) in [6, 6.07) is 4.60. The third-order valence-corrected chi connectivity index (χ3v) is 2.82. The Bertz CT molecular complexity index is 492. The summed E-state index contributed by atoms with van der Waals surface area (Å²) in [5.74, 6) is -0.341. The van der Waals surface area contributed by atoms with Crippen LogP contribution in [0.4, 0.5) is 4.39 Å². The molecule has 0 aliphatic carbocycles. The standard InChI is InChI=1S/C11H12ClFN4/c12-10-2-1-3-11(13)9(10)7-17-8(4-5-14)6-15-16-17/h1-3,6H,4-5,7,14H2. The fraction of sp³-hybridized carbons (Fsp3) is 0.273. The molecule has 0 radical (unpaired) electrons. The summed E-state index contributed by atoms with van der Waals surface area (Å²) in [5.41, 5.74) is 6.75. The molecule has 0 spiro atoms. The molecule has 1 aromatic heterocycles. The molecule has 2 aromatic rings. The summed E-state index contributed by atoms with van der Waals surface area (Å²) >= 11 is 5.95. The Balaban J connectivity index is 2.28. The Morgan fingerprint density at radius 3 is 2.94 bits per heavy atom. The van der Waals surface area contributed by atoms with Crippen molar-refractivity contribution in [2.45, 2.75) is 13.0 Å². The second kappa shape index (κ2) is 5.25. The van der Waals surface area contributed by atoms with Crippen LogP contribution < -0.4 is 5.73 Å². The number of nitrogens with zero attached hydrogens (tertiary/aromatic N) is 3. The summed E-state index contributed by atoms with van der Waals surface area (Å²) in [7, 11) is 0. The Morgan fingerprint density at radius 2 is 2.24 bits per heavy atom. The van der Waals surface area contributed by atoms with Crippen LogP contribution in [0.1, 0.15) is 11.3 Å². The van der Waals surface area contributed by atoms with E-state index >= 15 is 0 Å². The number of rotatable bonds is 4. The van der Waals surface area contributed by atoms with Crippen LogP contribution in [0.3, 0.4) is 0 Å². The van der Waals surface area contributed by atoms with Gasteiger partial charge in [0.15, 0.2) is 0 Å². The molecule has 0 atom stereocenters. The fourth-order valence-electron chi connectivity index (χ4n) is 1.59. The number of nitrogens with two attached hydrogens (primary N) is 1. The highest BCUT2D eigenvalue weighted by Gasteiger charge is 2.10. The van der Waals surface area contributed by atoms with Crippen molar-refractivity contribution in [1.29, 1.82) is 0 Å². The molecule has 17 heavy (non-hydrogen) atoms. The molecule has 0 unspecified atom stereocenters. The lowest BCUT2D eigenvalue weighted by molar-refractivity contribution is 0.565. The SMILES string of the molecule is NCCc1cnnn1Cc1c(F)cccc1Cl. The summed E-state index contributed by atoms with van der Waals surface area (Å²) in [6.07, 6.45) is 2.28. The monoisotopic (exact) mass is 254 g/mol. The van der Waals surface area contributed by atoms with Gasteiger partial charge < -0.3 is 5.73 Å². The Labute approximate surface area is 103 Å². The molecule has 1 aromatic carbocycles. The van der Waals surface area contributed by atoms with E-state index in [1.807, 2.05) is 0 Å². The van der Waals surface area contributed by atoms with E-state index in [4.69, 9.17) is 17.3 Å². The maximum absolute atomic E-state index is 13.6. The van der Waals surface area contributed by atoms with Gasteiger partial charge in [-0.25, -0.2) is 9.07 Å². The van der Waals surface area contributed by atoms with Crippen LogP contribution in [0.5, 0.6) is 0 Å². The van der Waals surface area contributed by atoms with E-state index in [9.17, 15) is 4.39 Å². The van der Waals surface area contributed by atoms with Crippen molar-refractivity contribution in [2.75, 3.05) is 6.54 Å². The van der Waals surface area contributed by atoms with Crippen molar-refractivity contribution in [3.05, 3.63) is 46.5 Å². The van der Waals surface area contributed by atoms with Crippen molar-refractivity contribution in [2.24, 2.45) is 5.73 Å². The third-order valence-electron chi connectivity index (χ3n) is 2.47. The van der Waals surface area contributed by atoms with E-state index in [-0.39, 0.29) is 12.4 Å². The van der Waals surface area contributed by atoms with Crippen molar-refractivity contribution in [1.82, 2.24) is 15.0 Å². The lowest BCUT2D eigenvalue weighted by atomic mass is 10.2. The van der Waals surface area contributed by atoms with E-state index in [1.165, 1.54) is 6.07 Å². The number of benzene rings is 1. The van der Waals surface area contributed by atoms with Gasteiger partial charge in [0.2, 0.25) is 0 Å². The first kappa shape index (κ1) is 12.0. The lowest BCUT2D eigenvalue weighted by Crippen LogP contribution is -2.12. The minimum Gasteiger partial charge on any atom is -0.330 e. The first-order valence-corrected chi connectivity index (χ1v) is 5.60. The van der Waals surface area contributed by atoms with Gasteiger partial charge in [-0.2, -0.15) is 0 Å². The third kappa shape index (κ3) is 2.62. The Kier molecular flexibility index (Phi) is 3.71. The highest BCUT2D eigenvalue weighted by atomic mass is 35.5. The van der Waals surface area contributed by atoms with Gasteiger partial charge in [0, 0.05) is 17.0 Å². The van der Waals surface area contributed by atoms with Gasteiger partial charge in [0.05, 0.1) is 18.4 Å². The van der Waals surface area contributed by atoms with E-state index < -0.39 is 0 Å². The van der Waals surface area contributed by atoms with Gasteiger partial charge in [0.1, 0.15) is 5.82 Å². The van der Waals surface area contributed by atoms with Crippen LogP contribution in [0.15, 0.2) is 24.4 Å². The fourth-order valence-corrected chi connectivity index (χ4v) is 1.81. The predicted molar refractivity (Wildman–Crippen MR) is 63.3 cm³/mol. The van der Waals surface area contributed by atoms with Gasteiger partial charge >= 0.3 is 0 Å². The quantitative estimate of drug-likeness (QED) is 0.902. The first-order chi connectivity index (χ1) is 8.22. The smallest absolute Gasteiger partial charge is 0.129 e. The van der Waals surface area contributed by atoms with E-state index in [2.05, 4.69) is 10.3 Å². The number of aromatic nitrogens is 3. The summed E-state index contributed by atoms with van der Waals surface area (Å²) in [5, 5.41) is 8.07. The van der Waals surface area contributed by atoms with Crippen LogP contribution in [0, 0.1) is 5.82 Å². The van der Waals surface area contributed by atoms with E-state index in [1.54, 1.807) is 23.0 Å². The number of halogens is 2. The number of hydrogen-bond donors (Lipinski definition) is 1. The van der Waals surface area contributed by atoms with Crippen LogP contribution in [0.2, 0.25) is 5.02 Å². The van der Waals surface area contributed by atoms with Gasteiger partial charge in [0.25, 0.3) is 0 Å². The Morgan fingerprint density at radius 1 is 1.41 bits per heavy atom. The maximum atomic E-state index is 13.6. The summed E-state index contributed by atoms with van der Waals surface area (Å²) in [4.78, 5) is 0. The summed E-state index contributed by atoms with van der Waals surface area (Å²) < 4.78 is 15.2. The van der Waals surface area contributed by atoms with Gasteiger partial charge in [-0.3, -0.25) is 0 Å². The molecule has 1 heterocycles. The van der Waals surface area contributed by atoms with Crippen LogP contribution in [-0.2, 0) is 13.0 Å². The highest BCUT2D eigenvalue weighted by molar-refractivity contribution is 6.31. The first-order valence-electron chi connectivity index (χ1n) is 5.22. The maximum Gasteiger partial charge on any atom is 0.129 e. The molecule has 0 saturated heterocycles. The van der Waals surface area contributed by atoms with E-state index in [0.717, 1.165) is 5.69 Å². The zero-order valence-corrected chi connectivity index (χ0v) is 9.86. The molecule has 0 amide bonds. The summed E-state index contributed by atoms with van der Waals surface area (Å²) in [6.45, 7) is 0.763. The number of hydrogen-bond acceptors (Lipinski definition) is 3. The zero-order valence-electron chi connectivity index (χ0n) is 9.11. The molecular formula is C11H12ClFN4. The van der Waals surface area contributed by atoms with Gasteiger partial charge in [-0.15, -0.1) is 5.10 Å². The minimum atomic E-state index is -0.341. The molecule has 0 aliphatic heterocycles. The van der Waals surface area contributed by atoms with Crippen LogP contribution >= 0.6 is 11.6 Å². The molecule has 6 heteroatoms. The largest absolute Gasteiger partial charge is 0.330 e. The molecule has 2 rings (SSSR count). The van der Waals surface area contributed by atoms with Crippen molar-refractivity contribution >= 4 is 11.6 Å².